The lowest BCUT2D eigenvalue weighted by Crippen LogP contribution is -1.99. The summed E-state index contributed by atoms with van der Waals surface area (Å²) in [7, 11) is 0. The molecule has 0 heterocycles. The molecule has 1 N–H and O–H groups in total. The molecule has 2 heteroatoms. The van der Waals surface area contributed by atoms with Crippen LogP contribution >= 0.6 is 0 Å². The summed E-state index contributed by atoms with van der Waals surface area (Å²) >= 11 is 0. The quantitative estimate of drug-likeness (QED) is 0.737. The molecular weight excluding hydrogens is 248 g/mol. The van der Waals surface area contributed by atoms with Gasteiger partial charge in [-0.3, -0.25) is 0 Å². The average Bonchev–Trinajstić information content (AvgIpc) is 2.46. The molecule has 0 aliphatic carbocycles. The van der Waals surface area contributed by atoms with Crippen LogP contribution < -0.4 is 0 Å². The summed E-state index contributed by atoms with van der Waals surface area (Å²) in [6.45, 7) is 1.97. The molecule has 0 radical (unpaired) electrons. The Balaban J connectivity index is 2.24. The molecular formula is C18H14O2. The van der Waals surface area contributed by atoms with Crippen molar-refractivity contribution in [3.8, 4) is 11.1 Å². The molecule has 0 unspecified atom stereocenters. The van der Waals surface area contributed by atoms with Gasteiger partial charge in [0.25, 0.3) is 0 Å². The molecule has 3 aromatic carbocycles. The number of carbonyl (C=O) groups is 1. The topological polar surface area (TPSA) is 37.3 Å². The average molecular weight is 262 g/mol. The van der Waals surface area contributed by atoms with Crippen molar-refractivity contribution in [2.24, 2.45) is 0 Å². The molecule has 0 aromatic heterocycles. The van der Waals surface area contributed by atoms with Crippen molar-refractivity contribution in [1.29, 1.82) is 0 Å². The lowest BCUT2D eigenvalue weighted by atomic mass is 9.95. The first-order valence-electron chi connectivity index (χ1n) is 6.48. The second kappa shape index (κ2) is 4.82. The minimum absolute atomic E-state index is 0.339. The van der Waals surface area contributed by atoms with Gasteiger partial charge >= 0.3 is 5.97 Å². The standard InChI is InChI=1S/C18H14O2/c1-12-6-9-16(18(19)20)17(10-12)15-8-7-13-4-2-3-5-14(13)11-15/h2-11H,1H3,(H,19,20). The van der Waals surface area contributed by atoms with E-state index < -0.39 is 5.97 Å². The Bertz CT molecular complexity index is 803. The van der Waals surface area contributed by atoms with Gasteiger partial charge in [0, 0.05) is 0 Å². The highest BCUT2D eigenvalue weighted by Crippen LogP contribution is 2.28. The van der Waals surface area contributed by atoms with Crippen LogP contribution in [0.5, 0.6) is 0 Å². The number of carboxylic acids is 1. The molecule has 3 rings (SSSR count). The molecule has 0 aliphatic heterocycles. The smallest absolute Gasteiger partial charge is 0.336 e. The lowest BCUT2D eigenvalue weighted by molar-refractivity contribution is 0.0697. The Morgan fingerprint density at radius 1 is 0.900 bits per heavy atom. The molecule has 0 spiro atoms. The maximum absolute atomic E-state index is 11.4. The molecule has 0 atom stereocenters. The molecule has 0 bridgehead atoms. The Morgan fingerprint density at radius 2 is 1.65 bits per heavy atom. The third kappa shape index (κ3) is 2.16. The number of benzene rings is 3. The van der Waals surface area contributed by atoms with Gasteiger partial charge in [0.2, 0.25) is 0 Å². The number of aromatic carboxylic acids is 1. The summed E-state index contributed by atoms with van der Waals surface area (Å²) in [6.07, 6.45) is 0. The third-order valence-electron chi connectivity index (χ3n) is 3.47. The van der Waals surface area contributed by atoms with Gasteiger partial charge in [-0.05, 0) is 41.0 Å². The zero-order valence-corrected chi connectivity index (χ0v) is 11.1. The molecule has 0 aliphatic rings. The zero-order chi connectivity index (χ0) is 14.1. The fraction of sp³-hybridized carbons (Fsp3) is 0.0556. The van der Waals surface area contributed by atoms with Crippen molar-refractivity contribution in [3.63, 3.8) is 0 Å². The van der Waals surface area contributed by atoms with Crippen LogP contribution in [0.2, 0.25) is 0 Å². The normalized spacial score (nSPS) is 10.7. The first-order valence-corrected chi connectivity index (χ1v) is 6.48. The lowest BCUT2D eigenvalue weighted by Gasteiger charge is -2.09. The third-order valence-corrected chi connectivity index (χ3v) is 3.47. The summed E-state index contributed by atoms with van der Waals surface area (Å²) in [6, 6.07) is 19.5. The second-order valence-electron chi connectivity index (χ2n) is 4.92. The van der Waals surface area contributed by atoms with Crippen molar-refractivity contribution >= 4 is 16.7 Å². The van der Waals surface area contributed by atoms with Crippen LogP contribution in [-0.4, -0.2) is 11.1 Å². The van der Waals surface area contributed by atoms with Crippen LogP contribution in [0.4, 0.5) is 0 Å². The van der Waals surface area contributed by atoms with Crippen LogP contribution in [0.3, 0.4) is 0 Å². The predicted molar refractivity (Wildman–Crippen MR) is 81.1 cm³/mol. The van der Waals surface area contributed by atoms with Gasteiger partial charge in [-0.15, -0.1) is 0 Å². The van der Waals surface area contributed by atoms with Gasteiger partial charge in [0.15, 0.2) is 0 Å². The number of aryl methyl sites for hydroxylation is 1. The van der Waals surface area contributed by atoms with E-state index in [2.05, 4.69) is 0 Å². The van der Waals surface area contributed by atoms with Crippen LogP contribution in [0.25, 0.3) is 21.9 Å². The van der Waals surface area contributed by atoms with E-state index in [4.69, 9.17) is 0 Å². The van der Waals surface area contributed by atoms with E-state index in [9.17, 15) is 9.90 Å². The minimum Gasteiger partial charge on any atom is -0.478 e. The van der Waals surface area contributed by atoms with Gasteiger partial charge in [-0.1, -0.05) is 54.1 Å². The molecule has 0 amide bonds. The van der Waals surface area contributed by atoms with E-state index >= 15 is 0 Å². The van der Waals surface area contributed by atoms with Crippen LogP contribution in [0.15, 0.2) is 60.7 Å². The zero-order valence-electron chi connectivity index (χ0n) is 11.1. The summed E-state index contributed by atoms with van der Waals surface area (Å²) in [4.78, 5) is 11.4. The maximum atomic E-state index is 11.4. The van der Waals surface area contributed by atoms with E-state index in [0.29, 0.717) is 5.56 Å². The number of hydrogen-bond acceptors (Lipinski definition) is 1. The monoisotopic (exact) mass is 262 g/mol. The maximum Gasteiger partial charge on any atom is 0.336 e. The predicted octanol–water partition coefficient (Wildman–Crippen LogP) is 4.51. The first-order chi connectivity index (χ1) is 9.65. The van der Waals surface area contributed by atoms with Crippen LogP contribution in [0.1, 0.15) is 15.9 Å². The molecule has 98 valence electrons. The van der Waals surface area contributed by atoms with Crippen LogP contribution in [0, 0.1) is 6.92 Å². The molecule has 0 saturated heterocycles. The number of carboxylic acid groups (broad SMARTS) is 1. The summed E-state index contributed by atoms with van der Waals surface area (Å²) in [5.74, 6) is -0.895. The second-order valence-corrected chi connectivity index (χ2v) is 4.92. The summed E-state index contributed by atoms with van der Waals surface area (Å²) in [5.41, 5.74) is 3.09. The highest BCUT2D eigenvalue weighted by molar-refractivity contribution is 5.98. The van der Waals surface area contributed by atoms with Crippen LogP contribution in [-0.2, 0) is 0 Å². The Labute approximate surface area is 117 Å². The van der Waals surface area contributed by atoms with Crippen molar-refractivity contribution in [2.45, 2.75) is 6.92 Å². The first kappa shape index (κ1) is 12.4. The largest absolute Gasteiger partial charge is 0.478 e. The van der Waals surface area contributed by atoms with Crippen molar-refractivity contribution in [2.75, 3.05) is 0 Å². The minimum atomic E-state index is -0.895. The summed E-state index contributed by atoms with van der Waals surface area (Å²) in [5, 5.41) is 11.6. The number of rotatable bonds is 2. The highest BCUT2D eigenvalue weighted by atomic mass is 16.4. The fourth-order valence-corrected chi connectivity index (χ4v) is 2.44. The molecule has 0 fully saturated rings. The SMILES string of the molecule is Cc1ccc(C(=O)O)c(-c2ccc3ccccc3c2)c1. The van der Waals surface area contributed by atoms with Gasteiger partial charge in [-0.2, -0.15) is 0 Å². The molecule has 2 nitrogen and oxygen atoms in total. The van der Waals surface area contributed by atoms with Crippen molar-refractivity contribution in [1.82, 2.24) is 0 Å². The van der Waals surface area contributed by atoms with E-state index in [-0.39, 0.29) is 0 Å². The van der Waals surface area contributed by atoms with Crippen molar-refractivity contribution < 1.29 is 9.90 Å². The van der Waals surface area contributed by atoms with Gasteiger partial charge in [0.05, 0.1) is 5.56 Å². The van der Waals surface area contributed by atoms with E-state index in [0.717, 1.165) is 27.5 Å². The fourth-order valence-electron chi connectivity index (χ4n) is 2.44. The van der Waals surface area contributed by atoms with Gasteiger partial charge in [-0.25, -0.2) is 4.79 Å². The Morgan fingerprint density at radius 3 is 2.40 bits per heavy atom. The molecule has 3 aromatic rings. The molecule has 20 heavy (non-hydrogen) atoms. The Kier molecular flexibility index (Phi) is 2.99. The van der Waals surface area contributed by atoms with Gasteiger partial charge < -0.3 is 5.11 Å². The van der Waals surface area contributed by atoms with E-state index in [1.807, 2.05) is 61.5 Å². The summed E-state index contributed by atoms with van der Waals surface area (Å²) < 4.78 is 0. The number of hydrogen-bond donors (Lipinski definition) is 1. The molecule has 0 saturated carbocycles. The Hall–Kier alpha value is -2.61. The van der Waals surface area contributed by atoms with Gasteiger partial charge in [0.1, 0.15) is 0 Å². The van der Waals surface area contributed by atoms with E-state index in [1.54, 1.807) is 6.07 Å². The number of fused-ring (bicyclic) bond motifs is 1. The van der Waals surface area contributed by atoms with Crippen molar-refractivity contribution in [3.05, 3.63) is 71.8 Å². The highest BCUT2D eigenvalue weighted by Gasteiger charge is 2.12. The van der Waals surface area contributed by atoms with E-state index in [1.165, 1.54) is 0 Å².